The Hall–Kier alpha value is -0.900. The zero-order valence-electron chi connectivity index (χ0n) is 20.3. The summed E-state index contributed by atoms with van der Waals surface area (Å²) in [6, 6.07) is 3.88. The van der Waals surface area contributed by atoms with Crippen LogP contribution in [-0.4, -0.2) is 81.5 Å². The molecule has 2 heterocycles. The summed E-state index contributed by atoms with van der Waals surface area (Å²) < 4.78 is 32.9. The number of rotatable bonds is 8. The van der Waals surface area contributed by atoms with Crippen molar-refractivity contribution in [3.05, 3.63) is 28.2 Å². The third kappa shape index (κ3) is 7.11. The van der Waals surface area contributed by atoms with E-state index < -0.39 is 15.3 Å². The molecule has 3 fully saturated rings. The van der Waals surface area contributed by atoms with Gasteiger partial charge in [0.15, 0.2) is 5.44 Å². The van der Waals surface area contributed by atoms with Crippen molar-refractivity contribution in [2.75, 3.05) is 45.9 Å². The molecule has 2 saturated heterocycles. The fourth-order valence-corrected chi connectivity index (χ4v) is 7.56. The molecule has 0 aromatic heterocycles. The van der Waals surface area contributed by atoms with Gasteiger partial charge < -0.3 is 15.0 Å². The Morgan fingerprint density at radius 3 is 2.37 bits per heavy atom. The summed E-state index contributed by atoms with van der Waals surface area (Å²) in [6.07, 6.45) is 9.22. The Kier molecular flexibility index (Phi) is 9.74. The van der Waals surface area contributed by atoms with E-state index in [2.05, 4.69) is 10.2 Å². The van der Waals surface area contributed by atoms with E-state index in [-0.39, 0.29) is 33.5 Å². The van der Waals surface area contributed by atoms with Crippen LogP contribution in [0.5, 0.6) is 0 Å². The van der Waals surface area contributed by atoms with Crippen LogP contribution < -0.4 is 5.32 Å². The minimum atomic E-state index is -3.90. The van der Waals surface area contributed by atoms with E-state index in [1.54, 1.807) is 4.90 Å². The molecule has 2 atom stereocenters. The second-order valence-corrected chi connectivity index (χ2v) is 12.9. The van der Waals surface area contributed by atoms with Crippen LogP contribution in [0, 0.1) is 5.92 Å². The lowest BCUT2D eigenvalue weighted by Gasteiger charge is -2.37. The van der Waals surface area contributed by atoms with Gasteiger partial charge in [0, 0.05) is 38.8 Å². The molecule has 2 aliphatic heterocycles. The van der Waals surface area contributed by atoms with Crippen molar-refractivity contribution in [3.8, 4) is 0 Å². The maximum Gasteiger partial charge on any atom is 0.248 e. The van der Waals surface area contributed by atoms with E-state index in [4.69, 9.17) is 27.9 Å². The third-order valence-electron chi connectivity index (χ3n) is 7.54. The molecule has 1 aromatic carbocycles. The maximum absolute atomic E-state index is 13.5. The number of carbonyl (C=O) groups excluding carboxylic acids is 1. The molecule has 0 spiro atoms. The normalized spacial score (nSPS) is 23.8. The van der Waals surface area contributed by atoms with Crippen molar-refractivity contribution >= 4 is 38.9 Å². The van der Waals surface area contributed by atoms with E-state index in [0.717, 1.165) is 44.9 Å². The maximum atomic E-state index is 13.5. The zero-order valence-corrected chi connectivity index (χ0v) is 22.6. The molecular weight excluding hydrogens is 509 g/mol. The molecule has 196 valence electrons. The van der Waals surface area contributed by atoms with Crippen LogP contribution in [0.3, 0.4) is 0 Å². The number of ether oxygens (including phenoxy) is 1. The van der Waals surface area contributed by atoms with E-state index >= 15 is 0 Å². The van der Waals surface area contributed by atoms with Gasteiger partial charge in [0.2, 0.25) is 15.7 Å². The lowest BCUT2D eigenvalue weighted by Crippen LogP contribution is -2.52. The van der Waals surface area contributed by atoms with Crippen molar-refractivity contribution in [2.24, 2.45) is 5.92 Å². The van der Waals surface area contributed by atoms with E-state index in [0.29, 0.717) is 19.5 Å². The Bertz CT molecular complexity index is 957. The molecule has 10 heteroatoms. The second-order valence-electron chi connectivity index (χ2n) is 10.0. The average Bonchev–Trinajstić information content (AvgIpc) is 2.87. The minimum Gasteiger partial charge on any atom is -0.350 e. The fraction of sp³-hybridized carbons (Fsp3) is 0.720. The van der Waals surface area contributed by atoms with Crippen LogP contribution in [0.1, 0.15) is 51.4 Å². The highest BCUT2D eigenvalue weighted by Crippen LogP contribution is 2.29. The van der Waals surface area contributed by atoms with Gasteiger partial charge >= 0.3 is 0 Å². The molecule has 2 unspecified atom stereocenters. The van der Waals surface area contributed by atoms with Gasteiger partial charge in [0.05, 0.1) is 14.9 Å². The van der Waals surface area contributed by atoms with Crippen LogP contribution >= 0.6 is 23.2 Å². The van der Waals surface area contributed by atoms with Crippen molar-refractivity contribution in [3.63, 3.8) is 0 Å². The molecule has 0 radical (unpaired) electrons. The molecule has 1 N–H and O–H groups in total. The number of hydrogen-bond acceptors (Lipinski definition) is 6. The number of carbonyl (C=O) groups is 1. The summed E-state index contributed by atoms with van der Waals surface area (Å²) in [4.78, 5) is 17.3. The van der Waals surface area contributed by atoms with Gasteiger partial charge in [0.1, 0.15) is 6.61 Å². The number of hydrogen-bond donors (Lipinski definition) is 1. The van der Waals surface area contributed by atoms with E-state index in [1.807, 2.05) is 0 Å². The predicted octanol–water partition coefficient (Wildman–Crippen LogP) is 3.98. The van der Waals surface area contributed by atoms with Crippen LogP contribution in [0.15, 0.2) is 23.1 Å². The quantitative estimate of drug-likeness (QED) is 0.532. The standard InChI is InChI=1S/C25H37Cl2N3O4S/c26-21-10-9-20(16-22(21)27)35(32,33)25(23-8-4-5-11-28-23)34-18-24(31)30-14-12-29(13-15-30)17-19-6-2-1-3-7-19/h9-10,16,19,23,25,28H,1-8,11-15,17-18H2. The fourth-order valence-electron chi connectivity index (χ4n) is 5.48. The first-order valence-corrected chi connectivity index (χ1v) is 15.2. The molecule has 3 aliphatic rings. The number of nitrogens with one attached hydrogen (secondary N) is 1. The molecular formula is C25H37Cl2N3O4S. The molecule has 1 aliphatic carbocycles. The Morgan fingerprint density at radius 2 is 1.71 bits per heavy atom. The highest BCUT2D eigenvalue weighted by atomic mass is 35.5. The van der Waals surface area contributed by atoms with Crippen LogP contribution in [0.2, 0.25) is 10.0 Å². The molecule has 1 saturated carbocycles. The summed E-state index contributed by atoms with van der Waals surface area (Å²) in [6.45, 7) is 4.61. The first-order chi connectivity index (χ1) is 16.8. The summed E-state index contributed by atoms with van der Waals surface area (Å²) in [7, 11) is -3.90. The predicted molar refractivity (Wildman–Crippen MR) is 139 cm³/mol. The Labute approximate surface area is 219 Å². The summed E-state index contributed by atoms with van der Waals surface area (Å²) in [5.41, 5.74) is -1.17. The lowest BCUT2D eigenvalue weighted by atomic mass is 9.89. The summed E-state index contributed by atoms with van der Waals surface area (Å²) in [5.74, 6) is 0.622. The number of halogens is 2. The number of nitrogens with zero attached hydrogens (tertiary/aromatic N) is 2. The topological polar surface area (TPSA) is 78.9 Å². The molecule has 7 nitrogen and oxygen atoms in total. The van der Waals surface area contributed by atoms with Crippen molar-refractivity contribution < 1.29 is 17.9 Å². The summed E-state index contributed by atoms with van der Waals surface area (Å²) >= 11 is 12.1. The van der Waals surface area contributed by atoms with Crippen molar-refractivity contribution in [1.29, 1.82) is 0 Å². The van der Waals surface area contributed by atoms with Gasteiger partial charge in [-0.15, -0.1) is 0 Å². The van der Waals surface area contributed by atoms with Crippen LogP contribution in [0.4, 0.5) is 0 Å². The SMILES string of the molecule is O=C(COC(C1CCCCN1)S(=O)(=O)c1ccc(Cl)c(Cl)c1)N1CCN(CC2CCCCC2)CC1. The van der Waals surface area contributed by atoms with E-state index in [1.165, 1.54) is 50.3 Å². The van der Waals surface area contributed by atoms with Gasteiger partial charge in [-0.25, -0.2) is 8.42 Å². The van der Waals surface area contributed by atoms with Gasteiger partial charge in [-0.2, -0.15) is 0 Å². The molecule has 4 rings (SSSR count). The van der Waals surface area contributed by atoms with Gasteiger partial charge in [-0.3, -0.25) is 9.69 Å². The smallest absolute Gasteiger partial charge is 0.248 e. The number of benzene rings is 1. The Balaban J connectivity index is 1.36. The molecule has 1 amide bonds. The highest BCUT2D eigenvalue weighted by Gasteiger charge is 2.37. The second kappa shape index (κ2) is 12.6. The minimum absolute atomic E-state index is 0.0491. The molecule has 35 heavy (non-hydrogen) atoms. The number of sulfone groups is 1. The number of piperidine rings is 1. The first-order valence-electron chi connectivity index (χ1n) is 12.9. The van der Waals surface area contributed by atoms with Crippen molar-refractivity contribution in [2.45, 2.75) is 67.7 Å². The van der Waals surface area contributed by atoms with Gasteiger partial charge in [-0.1, -0.05) is 48.9 Å². The number of amides is 1. The molecule has 0 bridgehead atoms. The monoisotopic (exact) mass is 545 g/mol. The zero-order chi connectivity index (χ0) is 24.8. The third-order valence-corrected chi connectivity index (χ3v) is 10.3. The average molecular weight is 547 g/mol. The van der Waals surface area contributed by atoms with Crippen molar-refractivity contribution in [1.82, 2.24) is 15.1 Å². The first kappa shape index (κ1) is 27.1. The highest BCUT2D eigenvalue weighted by molar-refractivity contribution is 7.92. The molecule has 1 aromatic rings. The van der Waals surface area contributed by atoms with Gasteiger partial charge in [-0.05, 0) is 56.3 Å². The lowest BCUT2D eigenvalue weighted by molar-refractivity contribution is -0.139. The Morgan fingerprint density at radius 1 is 1.00 bits per heavy atom. The largest absolute Gasteiger partial charge is 0.350 e. The van der Waals surface area contributed by atoms with Crippen LogP contribution in [0.25, 0.3) is 0 Å². The van der Waals surface area contributed by atoms with Gasteiger partial charge in [0.25, 0.3) is 0 Å². The van der Waals surface area contributed by atoms with Crippen LogP contribution in [-0.2, 0) is 19.4 Å². The van der Waals surface area contributed by atoms with E-state index in [9.17, 15) is 13.2 Å². The number of piperazine rings is 1. The summed E-state index contributed by atoms with van der Waals surface area (Å²) in [5, 5.41) is 3.73.